The molecule has 7 nitrogen and oxygen atoms in total. The number of hydrogen-bond donors (Lipinski definition) is 4. The van der Waals surface area contributed by atoms with Crippen LogP contribution in [-0.2, 0) is 14.8 Å². The summed E-state index contributed by atoms with van der Waals surface area (Å²) in [6.45, 7) is 1.67. The van der Waals surface area contributed by atoms with Gasteiger partial charge in [0.25, 0.3) is 0 Å². The van der Waals surface area contributed by atoms with Crippen molar-refractivity contribution in [3.05, 3.63) is 17.7 Å². The van der Waals surface area contributed by atoms with E-state index in [0.29, 0.717) is 11.3 Å². The Bertz CT molecular complexity index is 638. The third-order valence-electron chi connectivity index (χ3n) is 3.07. The predicted molar refractivity (Wildman–Crippen MR) is 76.6 cm³/mol. The van der Waals surface area contributed by atoms with Gasteiger partial charge in [0.1, 0.15) is 0 Å². The first-order valence-electron chi connectivity index (χ1n) is 6.23. The standard InChI is InChI=1S/C12H18N4O3S/c1-7-10(15-6-12(17)16-9-2-3-9)4-8(13)5-11(7)20(14,18)19/h4-5,9,15H,2-3,6,13H2,1H3,(H,16,17)(H2,14,18,19). The lowest BCUT2D eigenvalue weighted by Crippen LogP contribution is -2.31. The quantitative estimate of drug-likeness (QED) is 0.565. The van der Waals surface area contributed by atoms with Crippen molar-refractivity contribution >= 4 is 27.3 Å². The lowest BCUT2D eigenvalue weighted by molar-refractivity contribution is -0.119. The van der Waals surface area contributed by atoms with Crippen LogP contribution in [0.3, 0.4) is 0 Å². The Morgan fingerprint density at radius 1 is 1.40 bits per heavy atom. The van der Waals surface area contributed by atoms with Crippen LogP contribution in [0.4, 0.5) is 11.4 Å². The highest BCUT2D eigenvalue weighted by Gasteiger charge is 2.23. The maximum absolute atomic E-state index is 11.6. The molecule has 20 heavy (non-hydrogen) atoms. The van der Waals surface area contributed by atoms with E-state index >= 15 is 0 Å². The first kappa shape index (κ1) is 14.6. The number of nitrogens with one attached hydrogen (secondary N) is 2. The number of sulfonamides is 1. The Hall–Kier alpha value is -1.80. The smallest absolute Gasteiger partial charge is 0.239 e. The largest absolute Gasteiger partial charge is 0.399 e. The molecule has 1 aliphatic rings. The molecule has 110 valence electrons. The minimum absolute atomic E-state index is 0.0393. The van der Waals surface area contributed by atoms with Crippen LogP contribution in [-0.4, -0.2) is 26.9 Å². The normalized spacial score (nSPS) is 14.9. The Morgan fingerprint density at radius 2 is 2.05 bits per heavy atom. The fraction of sp³-hybridized carbons (Fsp3) is 0.417. The second-order valence-corrected chi connectivity index (χ2v) is 6.46. The maximum atomic E-state index is 11.6. The first-order chi connectivity index (χ1) is 9.27. The molecular formula is C12H18N4O3S. The molecule has 1 aromatic carbocycles. The molecular weight excluding hydrogens is 280 g/mol. The van der Waals surface area contributed by atoms with Gasteiger partial charge in [-0.05, 0) is 37.5 Å². The van der Waals surface area contributed by atoms with Gasteiger partial charge in [0, 0.05) is 17.4 Å². The van der Waals surface area contributed by atoms with Crippen LogP contribution in [0.1, 0.15) is 18.4 Å². The van der Waals surface area contributed by atoms with Gasteiger partial charge in [-0.1, -0.05) is 0 Å². The molecule has 1 aliphatic carbocycles. The highest BCUT2D eigenvalue weighted by Crippen LogP contribution is 2.26. The predicted octanol–water partition coefficient (Wildman–Crippen LogP) is -0.0849. The van der Waals surface area contributed by atoms with Crippen LogP contribution in [0, 0.1) is 6.92 Å². The number of carbonyl (C=O) groups excluding carboxylic acids is 1. The number of benzene rings is 1. The first-order valence-corrected chi connectivity index (χ1v) is 7.78. The van der Waals surface area contributed by atoms with Crippen LogP contribution in [0.5, 0.6) is 0 Å². The van der Waals surface area contributed by atoms with Gasteiger partial charge in [0.05, 0.1) is 11.4 Å². The van der Waals surface area contributed by atoms with Crippen molar-refractivity contribution < 1.29 is 13.2 Å². The highest BCUT2D eigenvalue weighted by atomic mass is 32.2. The lowest BCUT2D eigenvalue weighted by atomic mass is 10.2. The number of hydrogen-bond acceptors (Lipinski definition) is 5. The Labute approximate surface area is 117 Å². The van der Waals surface area contributed by atoms with Gasteiger partial charge >= 0.3 is 0 Å². The SMILES string of the molecule is Cc1c(NCC(=O)NC2CC2)cc(N)cc1S(N)(=O)=O. The summed E-state index contributed by atoms with van der Waals surface area (Å²) < 4.78 is 22.9. The van der Waals surface area contributed by atoms with E-state index in [1.54, 1.807) is 13.0 Å². The molecule has 0 atom stereocenters. The number of rotatable bonds is 5. The summed E-state index contributed by atoms with van der Waals surface area (Å²) in [6, 6.07) is 3.17. The Kier molecular flexibility index (Phi) is 3.87. The highest BCUT2D eigenvalue weighted by molar-refractivity contribution is 7.89. The van der Waals surface area contributed by atoms with Gasteiger partial charge in [-0.3, -0.25) is 4.79 Å². The zero-order valence-electron chi connectivity index (χ0n) is 11.1. The zero-order valence-corrected chi connectivity index (χ0v) is 12.0. The molecule has 1 fully saturated rings. The topological polar surface area (TPSA) is 127 Å². The van der Waals surface area contributed by atoms with Crippen molar-refractivity contribution in [2.45, 2.75) is 30.7 Å². The summed E-state index contributed by atoms with van der Waals surface area (Å²) in [5, 5.41) is 10.8. The summed E-state index contributed by atoms with van der Waals surface area (Å²) >= 11 is 0. The minimum atomic E-state index is -3.85. The summed E-state index contributed by atoms with van der Waals surface area (Å²) in [4.78, 5) is 11.6. The molecule has 2 rings (SSSR count). The van der Waals surface area contributed by atoms with Gasteiger partial charge in [0.2, 0.25) is 15.9 Å². The van der Waals surface area contributed by atoms with Gasteiger partial charge in [-0.25, -0.2) is 13.6 Å². The summed E-state index contributed by atoms with van der Waals surface area (Å²) in [5.74, 6) is -0.133. The van der Waals surface area contributed by atoms with Crippen LogP contribution in [0.2, 0.25) is 0 Å². The van der Waals surface area contributed by atoms with Crippen LogP contribution in [0.25, 0.3) is 0 Å². The number of anilines is 2. The maximum Gasteiger partial charge on any atom is 0.239 e. The molecule has 0 bridgehead atoms. The van der Waals surface area contributed by atoms with Crippen molar-refractivity contribution in [3.8, 4) is 0 Å². The summed E-state index contributed by atoms with van der Waals surface area (Å²) in [5.41, 5.74) is 6.86. The van der Waals surface area contributed by atoms with E-state index in [1.165, 1.54) is 6.07 Å². The second kappa shape index (κ2) is 5.29. The van der Waals surface area contributed by atoms with Crippen LogP contribution in [0.15, 0.2) is 17.0 Å². The number of nitrogens with two attached hydrogens (primary N) is 2. The van der Waals surface area contributed by atoms with Crippen LogP contribution >= 0.6 is 0 Å². The molecule has 6 N–H and O–H groups in total. The molecule has 0 saturated heterocycles. The van der Waals surface area contributed by atoms with Crippen molar-refractivity contribution in [2.24, 2.45) is 5.14 Å². The number of nitrogen functional groups attached to an aromatic ring is 1. The molecule has 1 saturated carbocycles. The van der Waals surface area contributed by atoms with Gasteiger partial charge in [0.15, 0.2) is 0 Å². The van der Waals surface area contributed by atoms with Gasteiger partial charge in [-0.15, -0.1) is 0 Å². The Morgan fingerprint density at radius 3 is 2.60 bits per heavy atom. The molecule has 0 unspecified atom stereocenters. The third kappa shape index (κ3) is 3.61. The second-order valence-electron chi connectivity index (χ2n) is 4.93. The molecule has 0 spiro atoms. The van der Waals surface area contributed by atoms with E-state index in [2.05, 4.69) is 10.6 Å². The lowest BCUT2D eigenvalue weighted by Gasteiger charge is -2.13. The molecule has 8 heteroatoms. The minimum Gasteiger partial charge on any atom is -0.399 e. The number of primary sulfonamides is 1. The zero-order chi connectivity index (χ0) is 14.9. The molecule has 0 heterocycles. The van der Waals surface area contributed by atoms with Crippen molar-refractivity contribution in [3.63, 3.8) is 0 Å². The van der Waals surface area contributed by atoms with E-state index in [1.807, 2.05) is 0 Å². The molecule has 0 aromatic heterocycles. The third-order valence-corrected chi connectivity index (χ3v) is 4.11. The van der Waals surface area contributed by atoms with E-state index in [9.17, 15) is 13.2 Å². The Balaban J connectivity index is 2.14. The monoisotopic (exact) mass is 298 g/mol. The van der Waals surface area contributed by atoms with E-state index < -0.39 is 10.0 Å². The summed E-state index contributed by atoms with van der Waals surface area (Å²) in [7, 11) is -3.85. The van der Waals surface area contributed by atoms with Crippen molar-refractivity contribution in [1.82, 2.24) is 5.32 Å². The van der Waals surface area contributed by atoms with Gasteiger partial charge in [-0.2, -0.15) is 0 Å². The fourth-order valence-electron chi connectivity index (χ4n) is 1.87. The van der Waals surface area contributed by atoms with Crippen LogP contribution < -0.4 is 21.5 Å². The molecule has 0 radical (unpaired) electrons. The molecule has 1 aromatic rings. The fourth-order valence-corrected chi connectivity index (χ4v) is 2.71. The van der Waals surface area contributed by atoms with Crippen molar-refractivity contribution in [1.29, 1.82) is 0 Å². The average molecular weight is 298 g/mol. The van der Waals surface area contributed by atoms with Crippen molar-refractivity contribution in [2.75, 3.05) is 17.6 Å². The summed E-state index contributed by atoms with van der Waals surface area (Å²) in [6.07, 6.45) is 2.03. The van der Waals surface area contributed by atoms with E-state index in [4.69, 9.17) is 10.9 Å². The molecule has 1 amide bonds. The molecule has 0 aliphatic heterocycles. The van der Waals surface area contributed by atoms with E-state index in [-0.39, 0.29) is 29.1 Å². The van der Waals surface area contributed by atoms with E-state index in [0.717, 1.165) is 12.8 Å². The number of carbonyl (C=O) groups is 1. The van der Waals surface area contributed by atoms with Gasteiger partial charge < -0.3 is 16.4 Å². The number of amides is 1. The average Bonchev–Trinajstić information content (AvgIpc) is 3.12.